The van der Waals surface area contributed by atoms with E-state index in [0.29, 0.717) is 12.6 Å². The van der Waals surface area contributed by atoms with E-state index in [2.05, 4.69) is 20.8 Å². The molecule has 3 heteroatoms. The van der Waals surface area contributed by atoms with Gasteiger partial charge in [-0.25, -0.2) is 0 Å². The van der Waals surface area contributed by atoms with Gasteiger partial charge >= 0.3 is 0 Å². The second-order valence-electron chi connectivity index (χ2n) is 4.46. The van der Waals surface area contributed by atoms with Crippen LogP contribution in [0.15, 0.2) is 0 Å². The molecule has 0 fully saturated rings. The summed E-state index contributed by atoms with van der Waals surface area (Å²) in [5.74, 6) is 0.391. The van der Waals surface area contributed by atoms with Crippen LogP contribution < -0.4 is 5.73 Å². The predicted octanol–water partition coefficient (Wildman–Crippen LogP) is 2.01. The molecule has 0 spiro atoms. The van der Waals surface area contributed by atoms with Crippen LogP contribution in [0.2, 0.25) is 0 Å². The van der Waals surface area contributed by atoms with Gasteiger partial charge in [-0.3, -0.25) is 4.79 Å². The molecule has 0 aromatic rings. The number of rotatable bonds is 7. The maximum absolute atomic E-state index is 12.1. The first-order valence-corrected chi connectivity index (χ1v) is 6.05. The number of amides is 1. The maximum Gasteiger partial charge on any atom is 0.225 e. The first-order chi connectivity index (χ1) is 7.04. The number of nitrogens with zero attached hydrogens (tertiary/aromatic N) is 1. The SMILES string of the molecule is CCCN(C(=O)C(C)CCCN)C(C)C. The van der Waals surface area contributed by atoms with Crippen molar-refractivity contribution in [2.75, 3.05) is 13.1 Å². The van der Waals surface area contributed by atoms with E-state index in [-0.39, 0.29) is 11.8 Å². The molecule has 0 aliphatic carbocycles. The molecule has 0 saturated heterocycles. The van der Waals surface area contributed by atoms with Gasteiger partial charge in [0.25, 0.3) is 0 Å². The second kappa shape index (κ2) is 7.69. The Morgan fingerprint density at radius 3 is 2.33 bits per heavy atom. The van der Waals surface area contributed by atoms with Gasteiger partial charge in [0.05, 0.1) is 0 Å². The van der Waals surface area contributed by atoms with Crippen LogP contribution in [0.25, 0.3) is 0 Å². The summed E-state index contributed by atoms with van der Waals surface area (Å²) in [4.78, 5) is 14.0. The molecule has 1 atom stereocenters. The highest BCUT2D eigenvalue weighted by molar-refractivity contribution is 5.78. The fourth-order valence-electron chi connectivity index (χ4n) is 1.69. The van der Waals surface area contributed by atoms with Crippen molar-refractivity contribution >= 4 is 5.91 Å². The Morgan fingerprint density at radius 2 is 1.93 bits per heavy atom. The number of hydrogen-bond acceptors (Lipinski definition) is 2. The van der Waals surface area contributed by atoms with Crippen molar-refractivity contribution in [1.82, 2.24) is 4.90 Å². The molecule has 0 aromatic heterocycles. The topological polar surface area (TPSA) is 46.3 Å². The molecule has 90 valence electrons. The van der Waals surface area contributed by atoms with Crippen molar-refractivity contribution in [2.24, 2.45) is 11.7 Å². The lowest BCUT2D eigenvalue weighted by Gasteiger charge is -2.29. The minimum absolute atomic E-state index is 0.113. The minimum atomic E-state index is 0.113. The molecule has 0 heterocycles. The van der Waals surface area contributed by atoms with Crippen molar-refractivity contribution in [1.29, 1.82) is 0 Å². The summed E-state index contributed by atoms with van der Waals surface area (Å²) >= 11 is 0. The van der Waals surface area contributed by atoms with Crippen molar-refractivity contribution in [3.05, 3.63) is 0 Å². The first kappa shape index (κ1) is 14.4. The molecule has 2 N–H and O–H groups in total. The van der Waals surface area contributed by atoms with E-state index in [1.807, 2.05) is 11.8 Å². The summed E-state index contributed by atoms with van der Waals surface area (Å²) < 4.78 is 0. The Balaban J connectivity index is 4.22. The molecule has 0 aromatic carbocycles. The highest BCUT2D eigenvalue weighted by atomic mass is 16.2. The third-order valence-corrected chi connectivity index (χ3v) is 2.63. The van der Waals surface area contributed by atoms with E-state index in [9.17, 15) is 4.79 Å². The second-order valence-corrected chi connectivity index (χ2v) is 4.46. The van der Waals surface area contributed by atoms with Crippen LogP contribution in [0.5, 0.6) is 0 Å². The smallest absolute Gasteiger partial charge is 0.225 e. The third kappa shape index (κ3) is 5.17. The normalized spacial score (nSPS) is 12.9. The molecule has 0 rings (SSSR count). The van der Waals surface area contributed by atoms with E-state index in [4.69, 9.17) is 5.73 Å². The summed E-state index contributed by atoms with van der Waals surface area (Å²) in [6.45, 7) is 9.79. The average molecular weight is 214 g/mol. The third-order valence-electron chi connectivity index (χ3n) is 2.63. The van der Waals surface area contributed by atoms with Gasteiger partial charge in [0.1, 0.15) is 0 Å². The quantitative estimate of drug-likeness (QED) is 0.704. The van der Waals surface area contributed by atoms with Crippen molar-refractivity contribution in [2.45, 2.75) is 53.0 Å². The fraction of sp³-hybridized carbons (Fsp3) is 0.917. The van der Waals surface area contributed by atoms with Crippen LogP contribution in [-0.2, 0) is 4.79 Å². The first-order valence-electron chi connectivity index (χ1n) is 6.05. The molecule has 0 radical (unpaired) electrons. The predicted molar refractivity (Wildman–Crippen MR) is 64.6 cm³/mol. The standard InChI is InChI=1S/C12H26N2O/c1-5-9-14(10(2)3)12(15)11(4)7-6-8-13/h10-11H,5-9,13H2,1-4H3. The number of carbonyl (C=O) groups excluding carboxylic acids is 1. The Kier molecular flexibility index (Phi) is 7.39. The molecule has 15 heavy (non-hydrogen) atoms. The van der Waals surface area contributed by atoms with Crippen molar-refractivity contribution in [3.63, 3.8) is 0 Å². The molecule has 0 aliphatic rings. The zero-order valence-electron chi connectivity index (χ0n) is 10.6. The summed E-state index contributed by atoms with van der Waals surface area (Å²) in [6.07, 6.45) is 2.86. The summed E-state index contributed by atoms with van der Waals surface area (Å²) in [5, 5.41) is 0. The van der Waals surface area contributed by atoms with Crippen LogP contribution in [0.4, 0.5) is 0 Å². The lowest BCUT2D eigenvalue weighted by molar-refractivity contribution is -0.137. The molecule has 1 amide bonds. The zero-order valence-corrected chi connectivity index (χ0v) is 10.6. The number of hydrogen-bond donors (Lipinski definition) is 1. The van der Waals surface area contributed by atoms with Crippen LogP contribution in [-0.4, -0.2) is 29.9 Å². The van der Waals surface area contributed by atoms with Crippen LogP contribution in [0, 0.1) is 5.92 Å². The van der Waals surface area contributed by atoms with E-state index < -0.39 is 0 Å². The Labute approximate surface area is 94.0 Å². The van der Waals surface area contributed by atoms with Gasteiger partial charge in [0.15, 0.2) is 0 Å². The lowest BCUT2D eigenvalue weighted by Crippen LogP contribution is -2.40. The van der Waals surface area contributed by atoms with Crippen molar-refractivity contribution < 1.29 is 4.79 Å². The highest BCUT2D eigenvalue weighted by Crippen LogP contribution is 2.12. The van der Waals surface area contributed by atoms with Crippen LogP contribution in [0.1, 0.15) is 47.0 Å². The highest BCUT2D eigenvalue weighted by Gasteiger charge is 2.21. The van der Waals surface area contributed by atoms with Gasteiger partial charge in [-0.1, -0.05) is 13.8 Å². The van der Waals surface area contributed by atoms with Gasteiger partial charge in [-0.2, -0.15) is 0 Å². The van der Waals surface area contributed by atoms with Gasteiger partial charge < -0.3 is 10.6 Å². The Bertz CT molecular complexity index is 180. The van der Waals surface area contributed by atoms with E-state index >= 15 is 0 Å². The Hall–Kier alpha value is -0.570. The van der Waals surface area contributed by atoms with Gasteiger partial charge in [0, 0.05) is 18.5 Å². The lowest BCUT2D eigenvalue weighted by atomic mass is 10.0. The molecule has 0 aliphatic heterocycles. The molecular formula is C12H26N2O. The monoisotopic (exact) mass is 214 g/mol. The van der Waals surface area contributed by atoms with Crippen LogP contribution >= 0.6 is 0 Å². The molecule has 0 bridgehead atoms. The molecule has 0 saturated carbocycles. The van der Waals surface area contributed by atoms with Crippen LogP contribution in [0.3, 0.4) is 0 Å². The van der Waals surface area contributed by atoms with E-state index in [0.717, 1.165) is 25.8 Å². The van der Waals surface area contributed by atoms with E-state index in [1.165, 1.54) is 0 Å². The largest absolute Gasteiger partial charge is 0.340 e. The molecule has 3 nitrogen and oxygen atoms in total. The van der Waals surface area contributed by atoms with Gasteiger partial charge in [-0.05, 0) is 39.7 Å². The fourth-order valence-corrected chi connectivity index (χ4v) is 1.69. The Morgan fingerprint density at radius 1 is 1.33 bits per heavy atom. The van der Waals surface area contributed by atoms with Gasteiger partial charge in [0.2, 0.25) is 5.91 Å². The summed E-state index contributed by atoms with van der Waals surface area (Å²) in [5.41, 5.74) is 5.45. The maximum atomic E-state index is 12.1. The molecular weight excluding hydrogens is 188 g/mol. The summed E-state index contributed by atoms with van der Waals surface area (Å²) in [6, 6.07) is 0.303. The van der Waals surface area contributed by atoms with Gasteiger partial charge in [-0.15, -0.1) is 0 Å². The van der Waals surface area contributed by atoms with E-state index in [1.54, 1.807) is 0 Å². The molecule has 1 unspecified atom stereocenters. The average Bonchev–Trinajstić information content (AvgIpc) is 2.21. The van der Waals surface area contributed by atoms with Crippen molar-refractivity contribution in [3.8, 4) is 0 Å². The number of nitrogens with two attached hydrogens (primary N) is 1. The number of carbonyl (C=O) groups is 1. The minimum Gasteiger partial charge on any atom is -0.340 e. The summed E-state index contributed by atoms with van der Waals surface area (Å²) in [7, 11) is 0. The zero-order chi connectivity index (χ0) is 11.8.